The van der Waals surface area contributed by atoms with Crippen LogP contribution in [0.5, 0.6) is 0 Å². The molecule has 4 heteroatoms. The Labute approximate surface area is 158 Å². The lowest BCUT2D eigenvalue weighted by molar-refractivity contribution is 0.182. The molecule has 0 amide bonds. The Hall–Kier alpha value is -1.65. The fraction of sp³-hybridized carbons (Fsp3) is 0.591. The molecule has 3 rings (SSSR count). The van der Waals surface area contributed by atoms with Crippen molar-refractivity contribution in [2.75, 3.05) is 13.1 Å². The van der Waals surface area contributed by atoms with Gasteiger partial charge in [0.15, 0.2) is 0 Å². The van der Waals surface area contributed by atoms with E-state index in [1.54, 1.807) is 0 Å². The molecule has 1 fully saturated rings. The molecule has 142 valence electrons. The summed E-state index contributed by atoms with van der Waals surface area (Å²) in [6.07, 6.45) is 5.70. The molecule has 0 aliphatic carbocycles. The Morgan fingerprint density at radius 2 is 1.92 bits per heavy atom. The second kappa shape index (κ2) is 8.83. The van der Waals surface area contributed by atoms with Gasteiger partial charge in [0.1, 0.15) is 0 Å². The quantitative estimate of drug-likeness (QED) is 0.823. The summed E-state index contributed by atoms with van der Waals surface area (Å²) in [5.74, 6) is 0.721. The van der Waals surface area contributed by atoms with Crippen LogP contribution in [0.15, 0.2) is 30.5 Å². The van der Waals surface area contributed by atoms with E-state index >= 15 is 0 Å². The van der Waals surface area contributed by atoms with E-state index in [0.717, 1.165) is 25.6 Å². The van der Waals surface area contributed by atoms with Crippen LogP contribution in [0.1, 0.15) is 49.1 Å². The highest BCUT2D eigenvalue weighted by Crippen LogP contribution is 2.16. The van der Waals surface area contributed by atoms with E-state index in [2.05, 4.69) is 60.4 Å². The number of benzene rings is 1. The number of aryl methyl sites for hydroxylation is 1. The molecule has 26 heavy (non-hydrogen) atoms. The largest absolute Gasteiger partial charge is 0.309 e. The number of hydrogen-bond donors (Lipinski definition) is 1. The van der Waals surface area contributed by atoms with E-state index in [4.69, 9.17) is 0 Å². The summed E-state index contributed by atoms with van der Waals surface area (Å²) in [7, 11) is 2.01. The van der Waals surface area contributed by atoms with Gasteiger partial charge in [-0.05, 0) is 49.8 Å². The van der Waals surface area contributed by atoms with Gasteiger partial charge in [0.2, 0.25) is 0 Å². The molecule has 1 aromatic carbocycles. The summed E-state index contributed by atoms with van der Waals surface area (Å²) in [4.78, 5) is 2.59. The molecule has 1 N–H and O–H groups in total. The zero-order chi connectivity index (χ0) is 18.5. The van der Waals surface area contributed by atoms with Crippen LogP contribution >= 0.6 is 0 Å². The maximum atomic E-state index is 4.34. The standard InChI is InChI=1S/C22H34N4/c1-17(2)12-19-7-9-20(10-8-19)15-26-11-5-6-22(16-26)23-13-21-14-24-25(4)18(21)3/h7-10,14,17,22-23H,5-6,11-13,15-16H2,1-4H3. The first-order valence-electron chi connectivity index (χ1n) is 10.0. The lowest BCUT2D eigenvalue weighted by Gasteiger charge is -2.33. The van der Waals surface area contributed by atoms with Crippen LogP contribution < -0.4 is 5.32 Å². The van der Waals surface area contributed by atoms with Gasteiger partial charge in [-0.2, -0.15) is 5.10 Å². The van der Waals surface area contributed by atoms with E-state index in [-0.39, 0.29) is 0 Å². The Balaban J connectivity index is 1.49. The summed E-state index contributed by atoms with van der Waals surface area (Å²) >= 11 is 0. The summed E-state index contributed by atoms with van der Waals surface area (Å²) in [5.41, 5.74) is 5.45. The predicted octanol–water partition coefficient (Wildman–Crippen LogP) is 3.68. The molecule has 1 aromatic heterocycles. The highest BCUT2D eigenvalue weighted by molar-refractivity contribution is 5.23. The molecule has 4 nitrogen and oxygen atoms in total. The molecule has 0 bridgehead atoms. The first-order valence-corrected chi connectivity index (χ1v) is 10.0. The highest BCUT2D eigenvalue weighted by atomic mass is 15.3. The molecule has 0 spiro atoms. The molecule has 0 radical (unpaired) electrons. The normalized spacial score (nSPS) is 18.6. The first-order chi connectivity index (χ1) is 12.5. The lowest BCUT2D eigenvalue weighted by atomic mass is 10.0. The zero-order valence-corrected chi connectivity index (χ0v) is 16.8. The van der Waals surface area contributed by atoms with E-state index in [1.807, 2.05) is 17.9 Å². The summed E-state index contributed by atoms with van der Waals surface area (Å²) in [6.45, 7) is 11.0. The third-order valence-corrected chi connectivity index (χ3v) is 5.50. The van der Waals surface area contributed by atoms with Crippen LogP contribution in [0.4, 0.5) is 0 Å². The second-order valence-electron chi connectivity index (χ2n) is 8.25. The van der Waals surface area contributed by atoms with Crippen LogP contribution in [0.3, 0.4) is 0 Å². The maximum absolute atomic E-state index is 4.34. The third kappa shape index (κ3) is 5.18. The fourth-order valence-electron chi connectivity index (χ4n) is 3.85. The van der Waals surface area contributed by atoms with Crippen LogP contribution in [0, 0.1) is 12.8 Å². The molecule has 1 unspecified atom stereocenters. The molecule has 0 saturated carbocycles. The number of likely N-dealkylation sites (tertiary alicyclic amines) is 1. The average molecular weight is 355 g/mol. The van der Waals surface area contributed by atoms with Crippen LogP contribution in [-0.4, -0.2) is 33.8 Å². The Kier molecular flexibility index (Phi) is 6.49. The molecule has 2 aromatic rings. The number of aromatic nitrogens is 2. The van der Waals surface area contributed by atoms with Crippen molar-refractivity contribution >= 4 is 0 Å². The number of rotatable bonds is 7. The molecular weight excluding hydrogens is 320 g/mol. The molecule has 2 heterocycles. The van der Waals surface area contributed by atoms with Gasteiger partial charge in [0, 0.05) is 44.0 Å². The topological polar surface area (TPSA) is 33.1 Å². The smallest absolute Gasteiger partial charge is 0.0537 e. The first kappa shape index (κ1) is 19.1. The van der Waals surface area contributed by atoms with Gasteiger partial charge in [-0.1, -0.05) is 38.1 Å². The van der Waals surface area contributed by atoms with E-state index < -0.39 is 0 Å². The predicted molar refractivity (Wildman–Crippen MR) is 108 cm³/mol. The minimum atomic E-state index is 0.573. The Morgan fingerprint density at radius 3 is 2.58 bits per heavy atom. The van der Waals surface area contributed by atoms with Crippen LogP contribution in [-0.2, 0) is 26.6 Å². The Morgan fingerprint density at radius 1 is 1.19 bits per heavy atom. The molecule has 1 atom stereocenters. The minimum Gasteiger partial charge on any atom is -0.309 e. The minimum absolute atomic E-state index is 0.573. The van der Waals surface area contributed by atoms with Crippen molar-refractivity contribution in [2.24, 2.45) is 13.0 Å². The number of nitrogens with one attached hydrogen (secondary N) is 1. The van der Waals surface area contributed by atoms with E-state index in [9.17, 15) is 0 Å². The van der Waals surface area contributed by atoms with Crippen LogP contribution in [0.25, 0.3) is 0 Å². The van der Waals surface area contributed by atoms with Crippen molar-refractivity contribution in [2.45, 2.75) is 59.2 Å². The Bertz CT molecular complexity index is 687. The van der Waals surface area contributed by atoms with Gasteiger partial charge in [0.05, 0.1) is 6.20 Å². The second-order valence-corrected chi connectivity index (χ2v) is 8.25. The number of nitrogens with zero attached hydrogens (tertiary/aromatic N) is 3. The highest BCUT2D eigenvalue weighted by Gasteiger charge is 2.20. The van der Waals surface area contributed by atoms with E-state index in [1.165, 1.54) is 48.2 Å². The third-order valence-electron chi connectivity index (χ3n) is 5.50. The maximum Gasteiger partial charge on any atom is 0.0537 e. The van der Waals surface area contributed by atoms with Gasteiger partial charge in [0.25, 0.3) is 0 Å². The van der Waals surface area contributed by atoms with Crippen molar-refractivity contribution < 1.29 is 0 Å². The fourth-order valence-corrected chi connectivity index (χ4v) is 3.85. The average Bonchev–Trinajstić information content (AvgIpc) is 2.93. The van der Waals surface area contributed by atoms with Gasteiger partial charge >= 0.3 is 0 Å². The van der Waals surface area contributed by atoms with Crippen LogP contribution in [0.2, 0.25) is 0 Å². The zero-order valence-electron chi connectivity index (χ0n) is 16.8. The van der Waals surface area contributed by atoms with Crippen molar-refractivity contribution in [1.82, 2.24) is 20.0 Å². The lowest BCUT2D eigenvalue weighted by Crippen LogP contribution is -2.45. The summed E-state index contributed by atoms with van der Waals surface area (Å²) in [6, 6.07) is 9.81. The molecule has 1 aliphatic heterocycles. The van der Waals surface area contributed by atoms with Gasteiger partial charge in [-0.3, -0.25) is 9.58 Å². The van der Waals surface area contributed by atoms with E-state index in [0.29, 0.717) is 6.04 Å². The van der Waals surface area contributed by atoms with Crippen molar-refractivity contribution in [3.05, 3.63) is 52.8 Å². The number of hydrogen-bond acceptors (Lipinski definition) is 3. The van der Waals surface area contributed by atoms with Gasteiger partial charge in [-0.25, -0.2) is 0 Å². The molecule has 1 saturated heterocycles. The van der Waals surface area contributed by atoms with Crippen molar-refractivity contribution in [3.8, 4) is 0 Å². The number of piperidine rings is 1. The van der Waals surface area contributed by atoms with Gasteiger partial charge in [-0.15, -0.1) is 0 Å². The van der Waals surface area contributed by atoms with Crippen molar-refractivity contribution in [1.29, 1.82) is 0 Å². The molecular formula is C22H34N4. The van der Waals surface area contributed by atoms with Gasteiger partial charge < -0.3 is 5.32 Å². The monoisotopic (exact) mass is 354 g/mol. The van der Waals surface area contributed by atoms with Crippen molar-refractivity contribution in [3.63, 3.8) is 0 Å². The summed E-state index contributed by atoms with van der Waals surface area (Å²) in [5, 5.41) is 8.09. The summed E-state index contributed by atoms with van der Waals surface area (Å²) < 4.78 is 1.95. The SMILES string of the molecule is Cc1c(CNC2CCCN(Cc3ccc(CC(C)C)cc3)C2)cnn1C. The molecule has 1 aliphatic rings.